The summed E-state index contributed by atoms with van der Waals surface area (Å²) >= 11 is 0. The summed E-state index contributed by atoms with van der Waals surface area (Å²) in [5.74, 6) is 0.560. The molecule has 1 saturated heterocycles. The minimum absolute atomic E-state index is 0.120. The molecule has 1 aromatic rings. The van der Waals surface area contributed by atoms with Crippen molar-refractivity contribution in [2.75, 3.05) is 13.1 Å². The molecule has 0 saturated carbocycles. The van der Waals surface area contributed by atoms with Gasteiger partial charge in [-0.2, -0.15) is 0 Å². The number of carbonyl (C=O) groups is 2. The second-order valence-corrected chi connectivity index (χ2v) is 7.35. The van der Waals surface area contributed by atoms with Crippen LogP contribution in [0.25, 0.3) is 0 Å². The fourth-order valence-electron chi connectivity index (χ4n) is 3.64. The van der Waals surface area contributed by atoms with Crippen molar-refractivity contribution >= 4 is 11.8 Å². The smallest absolute Gasteiger partial charge is 0.225 e. The first-order valence-electron chi connectivity index (χ1n) is 10.2. The predicted octanol–water partition coefficient (Wildman–Crippen LogP) is 3.73. The molecule has 1 aliphatic rings. The maximum absolute atomic E-state index is 12.4. The van der Waals surface area contributed by atoms with Gasteiger partial charge in [0.15, 0.2) is 0 Å². The fourth-order valence-corrected chi connectivity index (χ4v) is 3.64. The normalized spacial score (nSPS) is 15.3. The Morgan fingerprint density at radius 1 is 1.04 bits per heavy atom. The first kappa shape index (κ1) is 20.5. The average molecular weight is 359 g/mol. The molecule has 2 rings (SSSR count). The molecule has 0 unspecified atom stereocenters. The Balaban J connectivity index is 1.71. The van der Waals surface area contributed by atoms with Gasteiger partial charge in [-0.05, 0) is 49.7 Å². The molecule has 1 N–H and O–H groups in total. The molecule has 1 aromatic carbocycles. The van der Waals surface area contributed by atoms with Gasteiger partial charge in [0.2, 0.25) is 11.8 Å². The summed E-state index contributed by atoms with van der Waals surface area (Å²) < 4.78 is 0. The van der Waals surface area contributed by atoms with Crippen LogP contribution in [0, 0.1) is 5.92 Å². The summed E-state index contributed by atoms with van der Waals surface area (Å²) in [4.78, 5) is 26.6. The van der Waals surface area contributed by atoms with Crippen molar-refractivity contribution < 1.29 is 9.59 Å². The largest absolute Gasteiger partial charge is 0.353 e. The number of likely N-dealkylation sites (tertiary alicyclic amines) is 1. The lowest BCUT2D eigenvalue weighted by molar-refractivity contribution is -0.137. The third-order valence-electron chi connectivity index (χ3n) is 5.58. The molecule has 4 nitrogen and oxygen atoms in total. The number of benzene rings is 1. The minimum Gasteiger partial charge on any atom is -0.353 e. The van der Waals surface area contributed by atoms with Gasteiger partial charge in [0, 0.05) is 31.5 Å². The van der Waals surface area contributed by atoms with Crippen LogP contribution in [0.1, 0.15) is 64.0 Å². The van der Waals surface area contributed by atoms with E-state index >= 15 is 0 Å². The van der Waals surface area contributed by atoms with Gasteiger partial charge in [-0.15, -0.1) is 0 Å². The zero-order valence-corrected chi connectivity index (χ0v) is 16.6. The molecule has 4 heteroatoms. The third-order valence-corrected chi connectivity index (χ3v) is 5.58. The maximum Gasteiger partial charge on any atom is 0.225 e. The van der Waals surface area contributed by atoms with E-state index in [2.05, 4.69) is 50.4 Å². The lowest BCUT2D eigenvalue weighted by Crippen LogP contribution is -2.48. The lowest BCUT2D eigenvalue weighted by atomic mass is 9.98. The Kier molecular flexibility index (Phi) is 8.14. The van der Waals surface area contributed by atoms with Crippen molar-refractivity contribution in [3.63, 3.8) is 0 Å². The van der Waals surface area contributed by atoms with Crippen molar-refractivity contribution in [1.82, 2.24) is 10.2 Å². The standard InChI is InChI=1S/C22H34N2O2/c1-4-17-7-9-18(10-8-17)11-12-21(25)23-20-13-15-24(16-14-20)22(26)19(5-2)6-3/h7-10,19-20H,4-6,11-16H2,1-3H3,(H,23,25). The van der Waals surface area contributed by atoms with Crippen molar-refractivity contribution in [3.8, 4) is 0 Å². The average Bonchev–Trinajstić information content (AvgIpc) is 2.68. The van der Waals surface area contributed by atoms with E-state index in [0.717, 1.165) is 51.6 Å². The number of nitrogens with zero attached hydrogens (tertiary/aromatic N) is 1. The molecule has 0 bridgehead atoms. The highest BCUT2D eigenvalue weighted by atomic mass is 16.2. The summed E-state index contributed by atoms with van der Waals surface area (Å²) in [6.07, 6.45) is 5.89. The summed E-state index contributed by atoms with van der Waals surface area (Å²) in [7, 11) is 0. The van der Waals surface area contributed by atoms with Gasteiger partial charge in [-0.1, -0.05) is 45.0 Å². The number of hydrogen-bond acceptors (Lipinski definition) is 2. The van der Waals surface area contributed by atoms with E-state index < -0.39 is 0 Å². The van der Waals surface area contributed by atoms with Crippen molar-refractivity contribution in [3.05, 3.63) is 35.4 Å². The Bertz CT molecular complexity index is 570. The molecule has 1 fully saturated rings. The molecule has 0 atom stereocenters. The Labute approximate surface area is 158 Å². The third kappa shape index (κ3) is 5.86. The van der Waals surface area contributed by atoms with Gasteiger partial charge in [0.25, 0.3) is 0 Å². The van der Waals surface area contributed by atoms with Gasteiger partial charge in [0.05, 0.1) is 0 Å². The van der Waals surface area contributed by atoms with E-state index in [1.165, 1.54) is 11.1 Å². The second kappa shape index (κ2) is 10.3. The summed E-state index contributed by atoms with van der Waals surface area (Å²) in [5, 5.41) is 3.15. The Morgan fingerprint density at radius 3 is 2.15 bits per heavy atom. The van der Waals surface area contributed by atoms with Crippen molar-refractivity contribution in [1.29, 1.82) is 0 Å². The van der Waals surface area contributed by atoms with E-state index in [-0.39, 0.29) is 23.8 Å². The number of aryl methyl sites for hydroxylation is 2. The zero-order chi connectivity index (χ0) is 18.9. The van der Waals surface area contributed by atoms with Crippen LogP contribution >= 0.6 is 0 Å². The van der Waals surface area contributed by atoms with Gasteiger partial charge in [-0.3, -0.25) is 9.59 Å². The van der Waals surface area contributed by atoms with E-state index in [0.29, 0.717) is 6.42 Å². The van der Waals surface area contributed by atoms with Gasteiger partial charge < -0.3 is 10.2 Å². The number of amides is 2. The Hall–Kier alpha value is -1.84. The number of hydrogen-bond donors (Lipinski definition) is 1. The van der Waals surface area contributed by atoms with Crippen LogP contribution in [0.4, 0.5) is 0 Å². The predicted molar refractivity (Wildman–Crippen MR) is 106 cm³/mol. The first-order valence-corrected chi connectivity index (χ1v) is 10.2. The molecular weight excluding hydrogens is 324 g/mol. The van der Waals surface area contributed by atoms with Crippen LogP contribution in [0.15, 0.2) is 24.3 Å². The Morgan fingerprint density at radius 2 is 1.62 bits per heavy atom. The highest BCUT2D eigenvalue weighted by Crippen LogP contribution is 2.17. The fraction of sp³-hybridized carbons (Fsp3) is 0.636. The molecule has 1 aliphatic heterocycles. The molecule has 144 valence electrons. The van der Waals surface area contributed by atoms with Crippen LogP contribution in [0.5, 0.6) is 0 Å². The maximum atomic E-state index is 12.4. The van der Waals surface area contributed by atoms with E-state index in [9.17, 15) is 9.59 Å². The summed E-state index contributed by atoms with van der Waals surface area (Å²) in [6.45, 7) is 7.83. The van der Waals surface area contributed by atoms with Gasteiger partial charge in [0.1, 0.15) is 0 Å². The highest BCUT2D eigenvalue weighted by molar-refractivity contribution is 5.79. The summed E-state index contributed by atoms with van der Waals surface area (Å²) in [6, 6.07) is 8.72. The van der Waals surface area contributed by atoms with E-state index in [4.69, 9.17) is 0 Å². The molecule has 0 aliphatic carbocycles. The molecule has 0 spiro atoms. The van der Waals surface area contributed by atoms with Crippen molar-refractivity contribution in [2.24, 2.45) is 5.92 Å². The zero-order valence-electron chi connectivity index (χ0n) is 16.6. The van der Waals surface area contributed by atoms with Crippen LogP contribution in [0.2, 0.25) is 0 Å². The van der Waals surface area contributed by atoms with Crippen molar-refractivity contribution in [2.45, 2.75) is 71.8 Å². The van der Waals surface area contributed by atoms with Crippen LogP contribution in [-0.4, -0.2) is 35.8 Å². The monoisotopic (exact) mass is 358 g/mol. The highest BCUT2D eigenvalue weighted by Gasteiger charge is 2.26. The SMILES string of the molecule is CCc1ccc(CCC(=O)NC2CCN(C(=O)C(CC)CC)CC2)cc1. The van der Waals surface area contributed by atoms with Crippen LogP contribution < -0.4 is 5.32 Å². The quantitative estimate of drug-likeness (QED) is 0.770. The molecule has 26 heavy (non-hydrogen) atoms. The number of carbonyl (C=O) groups excluding carboxylic acids is 2. The van der Waals surface area contributed by atoms with E-state index in [1.54, 1.807) is 0 Å². The molecule has 0 radical (unpaired) electrons. The molecule has 1 heterocycles. The van der Waals surface area contributed by atoms with E-state index in [1.807, 2.05) is 4.90 Å². The first-order chi connectivity index (χ1) is 12.6. The number of nitrogens with one attached hydrogen (secondary N) is 1. The molecule has 2 amide bonds. The topological polar surface area (TPSA) is 49.4 Å². The lowest BCUT2D eigenvalue weighted by Gasteiger charge is -2.34. The number of piperidine rings is 1. The minimum atomic E-state index is 0.120. The molecule has 0 aromatic heterocycles. The van der Waals surface area contributed by atoms with Crippen LogP contribution in [0.3, 0.4) is 0 Å². The van der Waals surface area contributed by atoms with Crippen LogP contribution in [-0.2, 0) is 22.4 Å². The van der Waals surface area contributed by atoms with Gasteiger partial charge >= 0.3 is 0 Å². The summed E-state index contributed by atoms with van der Waals surface area (Å²) in [5.41, 5.74) is 2.54. The second-order valence-electron chi connectivity index (χ2n) is 7.35. The molecular formula is C22H34N2O2. The van der Waals surface area contributed by atoms with Gasteiger partial charge in [-0.25, -0.2) is 0 Å². The number of rotatable bonds is 8.